The summed E-state index contributed by atoms with van der Waals surface area (Å²) in [7, 11) is 0. The summed E-state index contributed by atoms with van der Waals surface area (Å²) in [6.45, 7) is 0. The minimum Gasteiger partial charge on any atom is -0.303 e. The van der Waals surface area contributed by atoms with E-state index in [0.29, 0.717) is 12.6 Å². The smallest absolute Gasteiger partial charge is 0.303 e. The summed E-state index contributed by atoms with van der Waals surface area (Å²) in [5.74, 6) is -1.84. The van der Waals surface area contributed by atoms with E-state index >= 15 is 0 Å². The number of rotatable bonds is 4. The Bertz CT molecular complexity index is 317. The van der Waals surface area contributed by atoms with Gasteiger partial charge in [-0.05, 0) is 0 Å². The first-order valence-electron chi connectivity index (χ1n) is 4.11. The maximum atomic E-state index is 11.4. The van der Waals surface area contributed by atoms with Crippen molar-refractivity contribution >= 4 is 30.4 Å². The number of urea groups is 1. The second-order valence-corrected chi connectivity index (χ2v) is 3.06. The lowest BCUT2D eigenvalue weighted by molar-refractivity contribution is -0.148. The second-order valence-electron chi connectivity index (χ2n) is 3.06. The molecule has 2 N–H and O–H groups in total. The van der Waals surface area contributed by atoms with E-state index in [1.807, 2.05) is 10.6 Å². The third kappa shape index (κ3) is 1.76. The molecule has 7 heteroatoms. The van der Waals surface area contributed by atoms with Crippen LogP contribution >= 0.6 is 0 Å². The third-order valence-electron chi connectivity index (χ3n) is 2.19. The molecule has 0 bridgehead atoms. The Morgan fingerprint density at radius 3 is 1.67 bits per heavy atom. The molecule has 0 unspecified atom stereocenters. The highest BCUT2D eigenvalue weighted by Crippen LogP contribution is 2.27. The van der Waals surface area contributed by atoms with Gasteiger partial charge in [-0.1, -0.05) is 0 Å². The quantitative estimate of drug-likeness (QED) is 0.436. The standard InChI is InChI=1S/C8H8N2O5/c11-3-1-8(2-4-12)5(13)9-7(15)10-6(8)14/h3-4H,1-2H2,(H2,9,10,13,14,15). The first-order chi connectivity index (χ1) is 7.06. The molecule has 15 heavy (non-hydrogen) atoms. The average molecular weight is 212 g/mol. The summed E-state index contributed by atoms with van der Waals surface area (Å²) in [5.41, 5.74) is -1.78. The highest BCUT2D eigenvalue weighted by Gasteiger charge is 2.49. The van der Waals surface area contributed by atoms with E-state index in [1.54, 1.807) is 0 Å². The molecule has 1 fully saturated rings. The summed E-state index contributed by atoms with van der Waals surface area (Å²) < 4.78 is 0. The Labute approximate surface area is 84.2 Å². The lowest BCUT2D eigenvalue weighted by Gasteiger charge is -2.30. The van der Waals surface area contributed by atoms with Crippen LogP contribution in [-0.4, -0.2) is 30.4 Å². The third-order valence-corrected chi connectivity index (χ3v) is 2.19. The Morgan fingerprint density at radius 2 is 1.33 bits per heavy atom. The molecular weight excluding hydrogens is 204 g/mol. The van der Waals surface area contributed by atoms with Crippen LogP contribution in [0.25, 0.3) is 0 Å². The predicted molar refractivity (Wildman–Crippen MR) is 45.5 cm³/mol. The van der Waals surface area contributed by atoms with Crippen molar-refractivity contribution < 1.29 is 24.0 Å². The molecule has 0 spiro atoms. The van der Waals surface area contributed by atoms with Crippen molar-refractivity contribution in [3.63, 3.8) is 0 Å². The van der Waals surface area contributed by atoms with E-state index < -0.39 is 36.1 Å². The highest BCUT2D eigenvalue weighted by molar-refractivity contribution is 6.20. The molecule has 1 heterocycles. The summed E-state index contributed by atoms with van der Waals surface area (Å²) in [5, 5.41) is 3.69. The Kier molecular flexibility index (Phi) is 2.93. The fraction of sp³-hybridized carbons (Fsp3) is 0.375. The van der Waals surface area contributed by atoms with E-state index in [0.717, 1.165) is 0 Å². The zero-order valence-electron chi connectivity index (χ0n) is 7.61. The molecule has 0 saturated carbocycles. The van der Waals surface area contributed by atoms with Gasteiger partial charge in [-0.2, -0.15) is 0 Å². The molecule has 80 valence electrons. The first kappa shape index (κ1) is 11.0. The van der Waals surface area contributed by atoms with Crippen LogP contribution in [0.1, 0.15) is 12.8 Å². The van der Waals surface area contributed by atoms with Gasteiger partial charge < -0.3 is 9.59 Å². The number of amides is 4. The van der Waals surface area contributed by atoms with Crippen molar-refractivity contribution in [2.24, 2.45) is 5.41 Å². The van der Waals surface area contributed by atoms with Gasteiger partial charge in [0, 0.05) is 12.8 Å². The maximum absolute atomic E-state index is 11.4. The van der Waals surface area contributed by atoms with Crippen molar-refractivity contribution in [2.45, 2.75) is 12.8 Å². The molecule has 0 aromatic rings. The summed E-state index contributed by atoms with van der Waals surface area (Å²) in [6, 6.07) is -0.947. The second kappa shape index (κ2) is 3.99. The average Bonchev–Trinajstić information content (AvgIpc) is 2.14. The van der Waals surface area contributed by atoms with E-state index in [1.165, 1.54) is 0 Å². The number of carbonyl (C=O) groups excluding carboxylic acids is 5. The van der Waals surface area contributed by atoms with Gasteiger partial charge in [0.2, 0.25) is 11.8 Å². The molecule has 0 aliphatic carbocycles. The molecule has 1 aliphatic rings. The van der Waals surface area contributed by atoms with Gasteiger partial charge in [0.25, 0.3) is 0 Å². The highest BCUT2D eigenvalue weighted by atomic mass is 16.2. The van der Waals surface area contributed by atoms with Crippen molar-refractivity contribution in [1.82, 2.24) is 10.6 Å². The van der Waals surface area contributed by atoms with Crippen LogP contribution in [0, 0.1) is 5.41 Å². The maximum Gasteiger partial charge on any atom is 0.328 e. The fourth-order valence-electron chi connectivity index (χ4n) is 1.32. The van der Waals surface area contributed by atoms with Crippen molar-refractivity contribution in [1.29, 1.82) is 0 Å². The van der Waals surface area contributed by atoms with Gasteiger partial charge in [0.05, 0.1) is 0 Å². The monoisotopic (exact) mass is 212 g/mol. The summed E-state index contributed by atoms with van der Waals surface area (Å²) >= 11 is 0. The predicted octanol–water partition coefficient (Wildman–Crippen LogP) is -1.48. The molecule has 0 radical (unpaired) electrons. The minimum absolute atomic E-state index is 0.360. The minimum atomic E-state index is -1.78. The lowest BCUT2D eigenvalue weighted by Crippen LogP contribution is -2.62. The van der Waals surface area contributed by atoms with Crippen LogP contribution in [0.5, 0.6) is 0 Å². The molecular formula is C8H8N2O5. The first-order valence-corrected chi connectivity index (χ1v) is 4.11. The molecule has 0 aromatic carbocycles. The van der Waals surface area contributed by atoms with E-state index in [-0.39, 0.29) is 0 Å². The molecule has 0 atom stereocenters. The molecule has 4 amide bonds. The number of hydrogen-bond acceptors (Lipinski definition) is 5. The van der Waals surface area contributed by atoms with Gasteiger partial charge >= 0.3 is 6.03 Å². The van der Waals surface area contributed by atoms with Crippen LogP contribution in [0.2, 0.25) is 0 Å². The van der Waals surface area contributed by atoms with Gasteiger partial charge in [-0.3, -0.25) is 20.2 Å². The fourth-order valence-corrected chi connectivity index (χ4v) is 1.32. The summed E-state index contributed by atoms with van der Waals surface area (Å²) in [6.07, 6.45) is -0.149. The molecule has 0 aromatic heterocycles. The zero-order valence-corrected chi connectivity index (χ0v) is 7.61. The van der Waals surface area contributed by atoms with E-state index in [2.05, 4.69) is 0 Å². The Morgan fingerprint density at radius 1 is 0.933 bits per heavy atom. The van der Waals surface area contributed by atoms with E-state index in [9.17, 15) is 24.0 Å². The lowest BCUT2D eigenvalue weighted by atomic mass is 9.79. The number of aldehydes is 2. The van der Waals surface area contributed by atoms with Gasteiger partial charge in [-0.15, -0.1) is 0 Å². The molecule has 1 aliphatic heterocycles. The van der Waals surface area contributed by atoms with Crippen molar-refractivity contribution in [3.8, 4) is 0 Å². The molecule has 1 rings (SSSR count). The number of nitrogens with one attached hydrogen (secondary N) is 2. The summed E-state index contributed by atoms with van der Waals surface area (Å²) in [4.78, 5) is 54.3. The zero-order chi connectivity index (χ0) is 11.5. The van der Waals surface area contributed by atoms with Gasteiger partial charge in [-0.25, -0.2) is 4.79 Å². The number of carbonyl (C=O) groups is 5. The van der Waals surface area contributed by atoms with Crippen LogP contribution in [0.4, 0.5) is 4.79 Å². The van der Waals surface area contributed by atoms with Gasteiger partial charge in [0.1, 0.15) is 18.0 Å². The number of hydrogen-bond donors (Lipinski definition) is 2. The van der Waals surface area contributed by atoms with Crippen molar-refractivity contribution in [2.75, 3.05) is 0 Å². The normalized spacial score (nSPS) is 19.1. The Balaban J connectivity index is 3.07. The number of barbiturate groups is 1. The SMILES string of the molecule is O=CCC1(CC=O)C(=O)NC(=O)NC1=O. The topological polar surface area (TPSA) is 109 Å². The Hall–Kier alpha value is -2.05. The van der Waals surface area contributed by atoms with Gasteiger partial charge in [0.15, 0.2) is 0 Å². The number of imide groups is 2. The van der Waals surface area contributed by atoms with Crippen LogP contribution in [-0.2, 0) is 19.2 Å². The molecule has 7 nitrogen and oxygen atoms in total. The molecule has 1 saturated heterocycles. The van der Waals surface area contributed by atoms with E-state index in [4.69, 9.17) is 0 Å². The van der Waals surface area contributed by atoms with Crippen LogP contribution in [0.3, 0.4) is 0 Å². The largest absolute Gasteiger partial charge is 0.328 e. The van der Waals surface area contributed by atoms with Crippen molar-refractivity contribution in [3.05, 3.63) is 0 Å². The van der Waals surface area contributed by atoms with Crippen LogP contribution < -0.4 is 10.6 Å². The van der Waals surface area contributed by atoms with Crippen LogP contribution in [0.15, 0.2) is 0 Å².